The predicted molar refractivity (Wildman–Crippen MR) is 88.2 cm³/mol. The summed E-state index contributed by atoms with van der Waals surface area (Å²) in [5.41, 5.74) is 1.87. The van der Waals surface area contributed by atoms with Gasteiger partial charge in [-0.3, -0.25) is 0 Å². The first-order valence-corrected chi connectivity index (χ1v) is 8.34. The summed E-state index contributed by atoms with van der Waals surface area (Å²) in [5.74, 6) is -0.235. The maximum atomic E-state index is 13.7. The molecule has 0 aliphatic carbocycles. The molecule has 6 heteroatoms. The van der Waals surface area contributed by atoms with E-state index in [9.17, 15) is 4.39 Å². The fourth-order valence-corrected chi connectivity index (χ4v) is 3.60. The highest BCUT2D eigenvalue weighted by molar-refractivity contribution is 9.10. The van der Waals surface area contributed by atoms with E-state index in [4.69, 9.17) is 0 Å². The average Bonchev–Trinajstić information content (AvgIpc) is 2.89. The van der Waals surface area contributed by atoms with Gasteiger partial charge in [-0.15, -0.1) is 5.10 Å². The number of aromatic nitrogens is 2. The van der Waals surface area contributed by atoms with Crippen molar-refractivity contribution >= 4 is 27.5 Å². The van der Waals surface area contributed by atoms with Gasteiger partial charge < -0.3 is 5.32 Å². The van der Waals surface area contributed by atoms with Crippen LogP contribution in [0.5, 0.6) is 0 Å². The van der Waals surface area contributed by atoms with Crippen LogP contribution in [0, 0.1) is 5.82 Å². The standard InChI is InChI=1S/C15H19BrFN3S/c1-15(2,3)14-13(21-20-19-14)11(18-4)8-9-6-5-7-10(17)12(9)16/h5-7,11,18H,8H2,1-4H3. The van der Waals surface area contributed by atoms with Crippen LogP contribution < -0.4 is 5.32 Å². The van der Waals surface area contributed by atoms with Crippen molar-refractivity contribution in [2.45, 2.75) is 38.6 Å². The summed E-state index contributed by atoms with van der Waals surface area (Å²) in [6.45, 7) is 6.37. The van der Waals surface area contributed by atoms with Crippen LogP contribution in [0.1, 0.15) is 42.9 Å². The zero-order chi connectivity index (χ0) is 15.6. The van der Waals surface area contributed by atoms with Gasteiger partial charge in [0.15, 0.2) is 0 Å². The highest BCUT2D eigenvalue weighted by Gasteiger charge is 2.27. The molecule has 1 aromatic carbocycles. The van der Waals surface area contributed by atoms with Gasteiger partial charge in [0.25, 0.3) is 0 Å². The summed E-state index contributed by atoms with van der Waals surface area (Å²) in [7, 11) is 1.91. The molecular weight excluding hydrogens is 353 g/mol. The molecule has 1 aromatic heterocycles. The Morgan fingerprint density at radius 2 is 2.10 bits per heavy atom. The Hall–Kier alpha value is -0.850. The SMILES string of the molecule is CNC(Cc1cccc(F)c1Br)c1snnc1C(C)(C)C. The van der Waals surface area contributed by atoms with Crippen LogP contribution in [0.2, 0.25) is 0 Å². The molecule has 0 aliphatic rings. The van der Waals surface area contributed by atoms with Crippen molar-refractivity contribution in [2.24, 2.45) is 0 Å². The molecule has 2 rings (SSSR count). The zero-order valence-electron chi connectivity index (χ0n) is 12.6. The number of halogens is 2. The van der Waals surface area contributed by atoms with Gasteiger partial charge in [-0.25, -0.2) is 4.39 Å². The van der Waals surface area contributed by atoms with Crippen LogP contribution in [0.4, 0.5) is 4.39 Å². The van der Waals surface area contributed by atoms with E-state index >= 15 is 0 Å². The highest BCUT2D eigenvalue weighted by atomic mass is 79.9. The van der Waals surface area contributed by atoms with Gasteiger partial charge >= 0.3 is 0 Å². The topological polar surface area (TPSA) is 37.8 Å². The Balaban J connectivity index is 2.33. The second-order valence-corrected chi connectivity index (χ2v) is 7.57. The number of likely N-dealkylation sites (N-methyl/N-ethyl adjacent to an activating group) is 1. The lowest BCUT2D eigenvalue weighted by atomic mass is 9.89. The van der Waals surface area contributed by atoms with Crippen molar-refractivity contribution in [1.82, 2.24) is 14.9 Å². The lowest BCUT2D eigenvalue weighted by molar-refractivity contribution is 0.529. The molecule has 1 unspecified atom stereocenters. The van der Waals surface area contributed by atoms with E-state index in [0.717, 1.165) is 16.1 Å². The minimum atomic E-state index is -0.235. The van der Waals surface area contributed by atoms with E-state index in [-0.39, 0.29) is 17.3 Å². The number of nitrogens with one attached hydrogen (secondary N) is 1. The predicted octanol–water partition coefficient (Wildman–Crippen LogP) is 4.24. The molecule has 0 spiro atoms. The van der Waals surface area contributed by atoms with Gasteiger partial charge in [-0.1, -0.05) is 37.4 Å². The summed E-state index contributed by atoms with van der Waals surface area (Å²) in [5, 5.41) is 7.58. The van der Waals surface area contributed by atoms with E-state index in [2.05, 4.69) is 51.6 Å². The van der Waals surface area contributed by atoms with Crippen LogP contribution in [0.25, 0.3) is 0 Å². The molecule has 1 heterocycles. The Morgan fingerprint density at radius 1 is 1.38 bits per heavy atom. The van der Waals surface area contributed by atoms with Crippen molar-refractivity contribution in [3.63, 3.8) is 0 Å². The Morgan fingerprint density at radius 3 is 2.71 bits per heavy atom. The Kier molecular flexibility index (Phi) is 5.11. The fourth-order valence-electron chi connectivity index (χ4n) is 2.20. The quantitative estimate of drug-likeness (QED) is 0.873. The minimum absolute atomic E-state index is 0.0589. The largest absolute Gasteiger partial charge is 0.312 e. The molecule has 1 N–H and O–H groups in total. The summed E-state index contributed by atoms with van der Waals surface area (Å²) < 4.78 is 18.3. The second-order valence-electron chi connectivity index (χ2n) is 5.99. The minimum Gasteiger partial charge on any atom is -0.312 e. The summed E-state index contributed by atoms with van der Waals surface area (Å²) in [4.78, 5) is 1.11. The molecule has 3 nitrogen and oxygen atoms in total. The molecule has 0 radical (unpaired) electrons. The van der Waals surface area contributed by atoms with E-state index in [0.29, 0.717) is 10.9 Å². The van der Waals surface area contributed by atoms with Crippen LogP contribution in [-0.2, 0) is 11.8 Å². The average molecular weight is 372 g/mol. The van der Waals surface area contributed by atoms with Gasteiger partial charge in [0, 0.05) is 11.5 Å². The molecular formula is C15H19BrFN3S. The van der Waals surface area contributed by atoms with Crippen LogP contribution >= 0.6 is 27.5 Å². The molecule has 0 aliphatic heterocycles. The lowest BCUT2D eigenvalue weighted by Crippen LogP contribution is -2.23. The number of hydrogen-bond acceptors (Lipinski definition) is 4. The number of hydrogen-bond donors (Lipinski definition) is 1. The van der Waals surface area contributed by atoms with Crippen molar-refractivity contribution in [2.75, 3.05) is 7.05 Å². The maximum Gasteiger partial charge on any atom is 0.137 e. The molecule has 21 heavy (non-hydrogen) atoms. The van der Waals surface area contributed by atoms with E-state index in [1.54, 1.807) is 6.07 Å². The third-order valence-electron chi connectivity index (χ3n) is 3.34. The van der Waals surface area contributed by atoms with Crippen molar-refractivity contribution in [3.05, 3.63) is 44.6 Å². The van der Waals surface area contributed by atoms with Crippen LogP contribution in [-0.4, -0.2) is 16.6 Å². The summed E-state index contributed by atoms with van der Waals surface area (Å²) in [6.07, 6.45) is 0.682. The maximum absolute atomic E-state index is 13.7. The highest BCUT2D eigenvalue weighted by Crippen LogP contribution is 2.33. The zero-order valence-corrected chi connectivity index (χ0v) is 15.0. The molecule has 0 bridgehead atoms. The van der Waals surface area contributed by atoms with E-state index < -0.39 is 0 Å². The summed E-state index contributed by atoms with van der Waals surface area (Å²) in [6, 6.07) is 5.19. The second kappa shape index (κ2) is 6.50. The number of benzene rings is 1. The normalized spacial score (nSPS) is 13.4. The first kappa shape index (κ1) is 16.5. The molecule has 0 fully saturated rings. The number of rotatable bonds is 4. The molecule has 1 atom stereocenters. The Bertz CT molecular complexity index is 622. The smallest absolute Gasteiger partial charge is 0.137 e. The number of nitrogens with zero attached hydrogens (tertiary/aromatic N) is 2. The first-order chi connectivity index (χ1) is 9.84. The van der Waals surface area contributed by atoms with E-state index in [1.165, 1.54) is 17.6 Å². The lowest BCUT2D eigenvalue weighted by Gasteiger charge is -2.22. The van der Waals surface area contributed by atoms with Crippen LogP contribution in [0.3, 0.4) is 0 Å². The van der Waals surface area contributed by atoms with E-state index in [1.807, 2.05) is 13.1 Å². The van der Waals surface area contributed by atoms with Crippen molar-refractivity contribution in [3.8, 4) is 0 Å². The monoisotopic (exact) mass is 371 g/mol. The fraction of sp³-hybridized carbons (Fsp3) is 0.467. The van der Waals surface area contributed by atoms with Crippen molar-refractivity contribution in [1.29, 1.82) is 0 Å². The molecule has 2 aromatic rings. The van der Waals surface area contributed by atoms with Gasteiger partial charge in [-0.2, -0.15) is 0 Å². The first-order valence-electron chi connectivity index (χ1n) is 6.77. The van der Waals surface area contributed by atoms with Gasteiger partial charge in [0.2, 0.25) is 0 Å². The molecule has 0 amide bonds. The Labute approximate surface area is 137 Å². The van der Waals surface area contributed by atoms with Crippen LogP contribution in [0.15, 0.2) is 22.7 Å². The molecule has 0 saturated carbocycles. The third-order valence-corrected chi connectivity index (χ3v) is 5.07. The van der Waals surface area contributed by atoms with Gasteiger partial charge in [0.05, 0.1) is 15.0 Å². The third kappa shape index (κ3) is 3.67. The molecule has 0 saturated heterocycles. The van der Waals surface area contributed by atoms with Gasteiger partial charge in [-0.05, 0) is 52.6 Å². The summed E-state index contributed by atoms with van der Waals surface area (Å²) >= 11 is 4.73. The van der Waals surface area contributed by atoms with Crippen molar-refractivity contribution < 1.29 is 4.39 Å². The van der Waals surface area contributed by atoms with Gasteiger partial charge in [0.1, 0.15) is 5.82 Å². The molecule has 114 valence electrons.